The van der Waals surface area contributed by atoms with Crippen LogP contribution >= 0.6 is 0 Å². The van der Waals surface area contributed by atoms with Crippen molar-refractivity contribution in [3.05, 3.63) is 5.82 Å². The highest BCUT2D eigenvalue weighted by atomic mass is 15.6. The van der Waals surface area contributed by atoms with Gasteiger partial charge in [-0.1, -0.05) is 0 Å². The molecule has 1 aromatic rings. The monoisotopic (exact) mass is 233 g/mol. The third kappa shape index (κ3) is 1.38. The topological polar surface area (TPSA) is 69.6 Å². The molecule has 0 aromatic carbocycles. The number of aromatic nitrogens is 4. The van der Waals surface area contributed by atoms with Crippen molar-refractivity contribution in [3.63, 3.8) is 0 Å². The molecule has 4 saturated carbocycles. The predicted molar refractivity (Wildman–Crippen MR) is 61.9 cm³/mol. The number of nitrogens with two attached hydrogens (primary N) is 1. The standard InChI is InChI=1S/C12H19N5/c13-7-11-14-16-17(15-11)12-4-8-1-9(5-12)3-10(2-8)6-12/h8-10H,1-7,13H2. The Bertz CT molecular complexity index is 403. The molecular weight excluding hydrogens is 214 g/mol. The normalized spacial score (nSPS) is 43.2. The Kier molecular flexibility index (Phi) is 1.93. The maximum absolute atomic E-state index is 5.58. The molecule has 0 atom stereocenters. The van der Waals surface area contributed by atoms with Crippen molar-refractivity contribution in [1.82, 2.24) is 20.2 Å². The summed E-state index contributed by atoms with van der Waals surface area (Å²) in [6, 6.07) is 0. The van der Waals surface area contributed by atoms with Gasteiger partial charge in [0.1, 0.15) is 0 Å². The van der Waals surface area contributed by atoms with Crippen molar-refractivity contribution in [1.29, 1.82) is 0 Å². The fourth-order valence-electron chi connectivity index (χ4n) is 4.84. The van der Waals surface area contributed by atoms with Crippen LogP contribution in [-0.4, -0.2) is 20.2 Å². The smallest absolute Gasteiger partial charge is 0.188 e. The quantitative estimate of drug-likeness (QED) is 0.829. The van der Waals surface area contributed by atoms with E-state index in [1.54, 1.807) is 0 Å². The molecule has 4 bridgehead atoms. The van der Waals surface area contributed by atoms with E-state index < -0.39 is 0 Å². The van der Waals surface area contributed by atoms with Crippen molar-refractivity contribution in [2.45, 2.75) is 50.6 Å². The second-order valence-electron chi connectivity index (χ2n) is 6.34. The summed E-state index contributed by atoms with van der Waals surface area (Å²) in [4.78, 5) is 1.92. The second kappa shape index (κ2) is 3.28. The Morgan fingerprint density at radius 2 is 1.71 bits per heavy atom. The van der Waals surface area contributed by atoms with Crippen molar-refractivity contribution >= 4 is 0 Å². The van der Waals surface area contributed by atoms with E-state index in [0.717, 1.165) is 17.8 Å². The maximum atomic E-state index is 5.58. The third-order valence-corrected chi connectivity index (χ3v) is 5.07. The Morgan fingerprint density at radius 1 is 1.12 bits per heavy atom. The van der Waals surface area contributed by atoms with Gasteiger partial charge in [0.15, 0.2) is 5.82 Å². The predicted octanol–water partition coefficient (Wildman–Crippen LogP) is 1.06. The average molecular weight is 233 g/mol. The van der Waals surface area contributed by atoms with E-state index in [-0.39, 0.29) is 5.54 Å². The van der Waals surface area contributed by atoms with Crippen LogP contribution in [0.1, 0.15) is 44.3 Å². The average Bonchev–Trinajstić information content (AvgIpc) is 2.76. The summed E-state index contributed by atoms with van der Waals surface area (Å²) in [6.45, 7) is 0.395. The highest BCUT2D eigenvalue weighted by Crippen LogP contribution is 2.58. The lowest BCUT2D eigenvalue weighted by Crippen LogP contribution is -2.52. The molecular formula is C12H19N5. The van der Waals surface area contributed by atoms with Crippen LogP contribution in [0.25, 0.3) is 0 Å². The maximum Gasteiger partial charge on any atom is 0.188 e. The number of tetrazole rings is 1. The molecule has 4 aliphatic rings. The summed E-state index contributed by atoms with van der Waals surface area (Å²) >= 11 is 0. The minimum absolute atomic E-state index is 0.190. The molecule has 5 rings (SSSR count). The zero-order chi connectivity index (χ0) is 11.5. The summed E-state index contributed by atoms with van der Waals surface area (Å²) in [7, 11) is 0. The number of hydrogen-bond donors (Lipinski definition) is 1. The van der Waals surface area contributed by atoms with E-state index in [9.17, 15) is 0 Å². The van der Waals surface area contributed by atoms with Gasteiger partial charge in [0, 0.05) is 0 Å². The zero-order valence-electron chi connectivity index (χ0n) is 10.0. The van der Waals surface area contributed by atoms with Gasteiger partial charge >= 0.3 is 0 Å². The number of hydrogen-bond acceptors (Lipinski definition) is 4. The Hall–Kier alpha value is -0.970. The summed E-state index contributed by atoms with van der Waals surface area (Å²) in [5.74, 6) is 3.41. The lowest BCUT2D eigenvalue weighted by atomic mass is 9.53. The summed E-state index contributed by atoms with van der Waals surface area (Å²) < 4.78 is 0. The molecule has 0 radical (unpaired) electrons. The van der Waals surface area contributed by atoms with Crippen LogP contribution < -0.4 is 5.73 Å². The van der Waals surface area contributed by atoms with Crippen LogP contribution in [0.4, 0.5) is 0 Å². The second-order valence-corrected chi connectivity index (χ2v) is 6.34. The van der Waals surface area contributed by atoms with E-state index in [1.165, 1.54) is 38.5 Å². The van der Waals surface area contributed by atoms with Crippen molar-refractivity contribution in [3.8, 4) is 0 Å². The molecule has 0 spiro atoms. The van der Waals surface area contributed by atoms with E-state index in [1.807, 2.05) is 4.80 Å². The van der Waals surface area contributed by atoms with Crippen LogP contribution in [-0.2, 0) is 12.1 Å². The van der Waals surface area contributed by atoms with Gasteiger partial charge in [-0.05, 0) is 61.5 Å². The van der Waals surface area contributed by atoms with Gasteiger partial charge in [-0.25, -0.2) is 0 Å². The van der Waals surface area contributed by atoms with Gasteiger partial charge in [-0.2, -0.15) is 4.80 Å². The van der Waals surface area contributed by atoms with E-state index >= 15 is 0 Å². The molecule has 4 fully saturated rings. The molecule has 5 nitrogen and oxygen atoms in total. The molecule has 1 aromatic heterocycles. The van der Waals surface area contributed by atoms with E-state index in [2.05, 4.69) is 15.4 Å². The van der Waals surface area contributed by atoms with Gasteiger partial charge < -0.3 is 5.73 Å². The Labute approximate surface area is 101 Å². The van der Waals surface area contributed by atoms with E-state index in [0.29, 0.717) is 12.4 Å². The molecule has 0 saturated heterocycles. The van der Waals surface area contributed by atoms with Gasteiger partial charge in [0.25, 0.3) is 0 Å². The number of nitrogens with zero attached hydrogens (tertiary/aromatic N) is 4. The van der Waals surface area contributed by atoms with E-state index in [4.69, 9.17) is 5.73 Å². The van der Waals surface area contributed by atoms with Crippen molar-refractivity contribution in [2.75, 3.05) is 0 Å². The van der Waals surface area contributed by atoms with Crippen molar-refractivity contribution in [2.24, 2.45) is 23.5 Å². The minimum Gasteiger partial charge on any atom is -0.324 e. The van der Waals surface area contributed by atoms with Crippen LogP contribution in [0.2, 0.25) is 0 Å². The van der Waals surface area contributed by atoms with Crippen LogP contribution in [0.3, 0.4) is 0 Å². The summed E-state index contributed by atoms with van der Waals surface area (Å²) in [5.41, 5.74) is 5.77. The minimum atomic E-state index is 0.190. The summed E-state index contributed by atoms with van der Waals surface area (Å²) in [6.07, 6.45) is 8.12. The molecule has 0 amide bonds. The first-order chi connectivity index (χ1) is 8.27. The third-order valence-electron chi connectivity index (χ3n) is 5.07. The molecule has 2 N–H and O–H groups in total. The molecule has 4 aliphatic carbocycles. The fourth-order valence-corrected chi connectivity index (χ4v) is 4.84. The molecule has 92 valence electrons. The van der Waals surface area contributed by atoms with Gasteiger partial charge in [-0.15, -0.1) is 10.2 Å². The first-order valence-corrected chi connectivity index (χ1v) is 6.77. The van der Waals surface area contributed by atoms with Crippen molar-refractivity contribution < 1.29 is 0 Å². The lowest BCUT2D eigenvalue weighted by molar-refractivity contribution is -0.0575. The first-order valence-electron chi connectivity index (χ1n) is 6.77. The largest absolute Gasteiger partial charge is 0.324 e. The first kappa shape index (κ1) is 10.00. The Morgan fingerprint density at radius 3 is 2.18 bits per heavy atom. The van der Waals surface area contributed by atoms with Crippen LogP contribution in [0.5, 0.6) is 0 Å². The fraction of sp³-hybridized carbons (Fsp3) is 0.917. The highest BCUT2D eigenvalue weighted by molar-refractivity contribution is 5.03. The van der Waals surface area contributed by atoms with Gasteiger partial charge in [-0.3, -0.25) is 0 Å². The Balaban J connectivity index is 1.72. The zero-order valence-corrected chi connectivity index (χ0v) is 10.0. The SMILES string of the molecule is NCc1nnn(C23CC4CC(CC(C4)C2)C3)n1. The highest BCUT2D eigenvalue weighted by Gasteiger charge is 2.53. The van der Waals surface area contributed by atoms with Crippen LogP contribution in [0, 0.1) is 17.8 Å². The molecule has 5 heteroatoms. The number of rotatable bonds is 2. The molecule has 17 heavy (non-hydrogen) atoms. The summed E-state index contributed by atoms with van der Waals surface area (Å²) in [5, 5.41) is 12.8. The molecule has 0 aliphatic heterocycles. The lowest BCUT2D eigenvalue weighted by Gasteiger charge is -2.55. The van der Waals surface area contributed by atoms with Gasteiger partial charge in [0.2, 0.25) is 0 Å². The van der Waals surface area contributed by atoms with Crippen LogP contribution in [0.15, 0.2) is 0 Å². The van der Waals surface area contributed by atoms with Gasteiger partial charge in [0.05, 0.1) is 12.1 Å². The molecule has 1 heterocycles. The molecule has 0 unspecified atom stereocenters.